The number of hydrogen-bond donors (Lipinski definition) is 0. The third-order valence-electron chi connectivity index (χ3n) is 6.05. The molecule has 0 atom stereocenters. The number of amides is 1. The lowest BCUT2D eigenvalue weighted by atomic mass is 10.0. The lowest BCUT2D eigenvalue weighted by molar-refractivity contribution is -0.119. The molecular weight excluding hydrogens is 456 g/mol. The Labute approximate surface area is 198 Å². The van der Waals surface area contributed by atoms with Gasteiger partial charge in [0.15, 0.2) is 9.84 Å². The minimum atomic E-state index is -3.65. The van der Waals surface area contributed by atoms with Crippen LogP contribution in [0.1, 0.15) is 17.5 Å². The Bertz CT molecular complexity index is 1460. The van der Waals surface area contributed by atoms with Gasteiger partial charge in [-0.1, -0.05) is 60.1 Å². The summed E-state index contributed by atoms with van der Waals surface area (Å²) in [6, 6.07) is 22.1. The molecule has 0 saturated carbocycles. The molecule has 0 saturated heterocycles. The number of carbonyl (C=O) groups excluding carboxylic acids is 1. The van der Waals surface area contributed by atoms with Crippen LogP contribution >= 0.6 is 11.6 Å². The van der Waals surface area contributed by atoms with Crippen LogP contribution in [0.4, 0.5) is 5.69 Å². The van der Waals surface area contributed by atoms with Gasteiger partial charge in [0.05, 0.1) is 10.6 Å². The lowest BCUT2D eigenvalue weighted by Crippen LogP contribution is -2.37. The number of aryl methyl sites for hydroxylation is 1. The molecule has 0 N–H and O–H groups in total. The van der Waals surface area contributed by atoms with Crippen molar-refractivity contribution < 1.29 is 13.2 Å². The Balaban J connectivity index is 1.49. The van der Waals surface area contributed by atoms with Crippen molar-refractivity contribution in [2.24, 2.45) is 0 Å². The number of nitrogens with zero attached hydrogens (tertiary/aromatic N) is 2. The fourth-order valence-corrected chi connectivity index (χ4v) is 6.32. The molecule has 1 aliphatic rings. The summed E-state index contributed by atoms with van der Waals surface area (Å²) in [5.74, 6) is -0.212. The van der Waals surface area contributed by atoms with Gasteiger partial charge in [0.1, 0.15) is 6.54 Å². The summed E-state index contributed by atoms with van der Waals surface area (Å²) in [6.45, 7) is 0.733. The zero-order valence-electron chi connectivity index (χ0n) is 17.9. The van der Waals surface area contributed by atoms with Crippen LogP contribution in [0.15, 0.2) is 83.9 Å². The maximum atomic E-state index is 13.3. The molecule has 168 valence electrons. The van der Waals surface area contributed by atoms with Crippen LogP contribution in [-0.2, 0) is 33.4 Å². The molecule has 2 heterocycles. The first-order valence-electron chi connectivity index (χ1n) is 10.9. The topological polar surface area (TPSA) is 59.4 Å². The molecule has 0 radical (unpaired) electrons. The first kappa shape index (κ1) is 21.7. The standard InChI is InChI=1S/C26H23ClN2O3S/c27-21-10-5-7-19(15-21)18-33(31,32)25-16-28(24-13-4-2-11-22(24)25)17-26(30)29-14-6-9-20-8-1-3-12-23(20)29/h1-5,7-8,10-13,15-16H,6,9,14,17-18H2. The van der Waals surface area contributed by atoms with Gasteiger partial charge >= 0.3 is 0 Å². The number of halogens is 1. The number of carbonyl (C=O) groups is 1. The van der Waals surface area contributed by atoms with Gasteiger partial charge in [-0.25, -0.2) is 8.42 Å². The SMILES string of the molecule is O=C(Cn1cc(S(=O)(=O)Cc2cccc(Cl)c2)c2ccccc21)N1CCCc2ccccc21. The molecule has 1 aromatic heterocycles. The van der Waals surface area contributed by atoms with E-state index in [0.29, 0.717) is 22.5 Å². The van der Waals surface area contributed by atoms with E-state index >= 15 is 0 Å². The third-order valence-corrected chi connectivity index (χ3v) is 7.99. The van der Waals surface area contributed by atoms with Gasteiger partial charge in [0.25, 0.3) is 0 Å². The number of benzene rings is 3. The molecule has 33 heavy (non-hydrogen) atoms. The second kappa shape index (κ2) is 8.69. The van der Waals surface area contributed by atoms with Crippen LogP contribution in [-0.4, -0.2) is 25.4 Å². The van der Waals surface area contributed by atoms with Gasteiger partial charge < -0.3 is 9.47 Å². The third kappa shape index (κ3) is 4.28. The van der Waals surface area contributed by atoms with E-state index in [9.17, 15) is 13.2 Å². The maximum absolute atomic E-state index is 13.3. The van der Waals surface area contributed by atoms with Crippen LogP contribution in [0, 0.1) is 0 Å². The zero-order valence-corrected chi connectivity index (χ0v) is 19.5. The highest BCUT2D eigenvalue weighted by atomic mass is 35.5. The van der Waals surface area contributed by atoms with Crippen LogP contribution in [0.5, 0.6) is 0 Å². The van der Waals surface area contributed by atoms with E-state index in [2.05, 4.69) is 6.07 Å². The molecule has 5 rings (SSSR count). The second-order valence-corrected chi connectivity index (χ2v) is 10.7. The van der Waals surface area contributed by atoms with Crippen LogP contribution in [0.25, 0.3) is 10.9 Å². The number of rotatable bonds is 5. The number of para-hydroxylation sites is 2. The molecule has 1 amide bonds. The predicted octanol–water partition coefficient (Wildman–Crippen LogP) is 5.25. The van der Waals surface area contributed by atoms with Gasteiger partial charge in [-0.2, -0.15) is 0 Å². The number of anilines is 1. The van der Waals surface area contributed by atoms with Crippen molar-refractivity contribution >= 4 is 43.9 Å². The average Bonchev–Trinajstić information content (AvgIpc) is 3.18. The molecular formula is C26H23ClN2O3S. The molecule has 0 aliphatic carbocycles. The largest absolute Gasteiger partial charge is 0.337 e. The summed E-state index contributed by atoms with van der Waals surface area (Å²) in [4.78, 5) is 15.3. The number of sulfone groups is 1. The van der Waals surface area contributed by atoms with Gasteiger partial charge in [-0.3, -0.25) is 4.79 Å². The maximum Gasteiger partial charge on any atom is 0.246 e. The number of fused-ring (bicyclic) bond motifs is 2. The molecule has 0 bridgehead atoms. The van der Waals surface area contributed by atoms with E-state index in [1.54, 1.807) is 41.1 Å². The van der Waals surface area contributed by atoms with E-state index in [1.807, 2.05) is 41.3 Å². The van der Waals surface area contributed by atoms with Crippen molar-refractivity contribution in [1.82, 2.24) is 4.57 Å². The second-order valence-electron chi connectivity index (χ2n) is 8.31. The van der Waals surface area contributed by atoms with Crippen molar-refractivity contribution in [2.45, 2.75) is 30.0 Å². The Morgan fingerprint density at radius 2 is 1.76 bits per heavy atom. The smallest absolute Gasteiger partial charge is 0.246 e. The molecule has 5 nitrogen and oxygen atoms in total. The summed E-state index contributed by atoms with van der Waals surface area (Å²) in [7, 11) is -3.65. The van der Waals surface area contributed by atoms with E-state index in [4.69, 9.17) is 11.6 Å². The van der Waals surface area contributed by atoms with Crippen molar-refractivity contribution in [3.63, 3.8) is 0 Å². The Morgan fingerprint density at radius 1 is 0.970 bits per heavy atom. The van der Waals surface area contributed by atoms with Gasteiger partial charge in [-0.05, 0) is 48.2 Å². The van der Waals surface area contributed by atoms with Crippen molar-refractivity contribution in [3.8, 4) is 0 Å². The highest BCUT2D eigenvalue weighted by molar-refractivity contribution is 7.90. The minimum Gasteiger partial charge on any atom is -0.337 e. The predicted molar refractivity (Wildman–Crippen MR) is 131 cm³/mol. The summed E-state index contributed by atoms with van der Waals surface area (Å²) in [5.41, 5.74) is 3.46. The molecule has 1 aliphatic heterocycles. The highest BCUT2D eigenvalue weighted by Crippen LogP contribution is 2.30. The fraction of sp³-hybridized carbons (Fsp3) is 0.192. The first-order valence-corrected chi connectivity index (χ1v) is 12.9. The molecule has 0 unspecified atom stereocenters. The lowest BCUT2D eigenvalue weighted by Gasteiger charge is -2.29. The van der Waals surface area contributed by atoms with Gasteiger partial charge in [0.2, 0.25) is 5.91 Å². The van der Waals surface area contributed by atoms with Crippen LogP contribution in [0.2, 0.25) is 5.02 Å². The summed E-state index contributed by atoms with van der Waals surface area (Å²) in [6.07, 6.45) is 3.46. The normalized spacial score (nSPS) is 13.8. The fourth-order valence-electron chi connectivity index (χ4n) is 4.54. The Morgan fingerprint density at radius 3 is 2.61 bits per heavy atom. The van der Waals surface area contributed by atoms with Crippen molar-refractivity contribution in [3.05, 3.63) is 95.1 Å². The number of hydrogen-bond acceptors (Lipinski definition) is 3. The average molecular weight is 479 g/mol. The first-order chi connectivity index (χ1) is 15.9. The molecule has 0 fully saturated rings. The van der Waals surface area contributed by atoms with E-state index in [-0.39, 0.29) is 23.1 Å². The van der Waals surface area contributed by atoms with Gasteiger partial charge in [0, 0.05) is 34.4 Å². The molecule has 4 aromatic rings. The summed E-state index contributed by atoms with van der Waals surface area (Å²) >= 11 is 6.04. The monoisotopic (exact) mass is 478 g/mol. The van der Waals surface area contributed by atoms with Crippen LogP contribution in [0.3, 0.4) is 0 Å². The Kier molecular flexibility index (Phi) is 5.72. The summed E-state index contributed by atoms with van der Waals surface area (Å²) < 4.78 is 28.4. The summed E-state index contributed by atoms with van der Waals surface area (Å²) in [5, 5.41) is 1.11. The van der Waals surface area contributed by atoms with E-state index in [1.165, 1.54) is 5.56 Å². The molecule has 3 aromatic carbocycles. The quantitative estimate of drug-likeness (QED) is 0.393. The zero-order chi connectivity index (χ0) is 23.0. The Hall–Kier alpha value is -3.09. The van der Waals surface area contributed by atoms with Crippen molar-refractivity contribution in [1.29, 1.82) is 0 Å². The number of aromatic nitrogens is 1. The van der Waals surface area contributed by atoms with E-state index < -0.39 is 9.84 Å². The van der Waals surface area contributed by atoms with Gasteiger partial charge in [-0.15, -0.1) is 0 Å². The van der Waals surface area contributed by atoms with Crippen molar-refractivity contribution in [2.75, 3.05) is 11.4 Å². The highest BCUT2D eigenvalue weighted by Gasteiger charge is 2.25. The van der Waals surface area contributed by atoms with E-state index in [0.717, 1.165) is 24.0 Å². The minimum absolute atomic E-state index is 0.0540. The van der Waals surface area contributed by atoms with Crippen LogP contribution < -0.4 is 4.90 Å². The molecule has 7 heteroatoms. The molecule has 0 spiro atoms.